The number of H-pyrrole nitrogens is 1. The van der Waals surface area contributed by atoms with Crippen molar-refractivity contribution in [1.29, 1.82) is 0 Å². The first-order valence-corrected chi connectivity index (χ1v) is 10.1. The van der Waals surface area contributed by atoms with Gasteiger partial charge in [0, 0.05) is 27.7 Å². The maximum absolute atomic E-state index is 12.5. The van der Waals surface area contributed by atoms with Crippen LogP contribution in [0.15, 0.2) is 58.5 Å². The number of aromatic nitrogens is 2. The summed E-state index contributed by atoms with van der Waals surface area (Å²) in [6.07, 6.45) is -0.0518. The van der Waals surface area contributed by atoms with Gasteiger partial charge in [-0.15, -0.1) is 0 Å². The Bertz CT molecular complexity index is 1050. The summed E-state index contributed by atoms with van der Waals surface area (Å²) < 4.78 is 0. The van der Waals surface area contributed by atoms with Crippen LogP contribution in [0.4, 0.5) is 5.69 Å². The molecule has 0 aliphatic heterocycles. The molecule has 7 heteroatoms. The molecule has 2 aromatic carbocycles. The first kappa shape index (κ1) is 20.2. The number of nitrogens with one attached hydrogen (secondary N) is 2. The van der Waals surface area contributed by atoms with Gasteiger partial charge in [0.25, 0.3) is 5.56 Å². The summed E-state index contributed by atoms with van der Waals surface area (Å²) >= 11 is 7.53. The number of amides is 1. The maximum atomic E-state index is 12.5. The SMILES string of the molecule is Cc1nc(SCc2ccccc2)[nH]c(=O)c1CC(=O)Nc1cccc(Cl)c1C. The molecule has 0 saturated heterocycles. The molecule has 0 spiro atoms. The Hall–Kier alpha value is -2.57. The zero-order valence-corrected chi connectivity index (χ0v) is 17.2. The van der Waals surface area contributed by atoms with Gasteiger partial charge >= 0.3 is 0 Å². The van der Waals surface area contributed by atoms with Crippen LogP contribution < -0.4 is 10.9 Å². The summed E-state index contributed by atoms with van der Waals surface area (Å²) in [5.74, 6) is 0.419. The highest BCUT2D eigenvalue weighted by atomic mass is 35.5. The first-order chi connectivity index (χ1) is 13.4. The van der Waals surface area contributed by atoms with Gasteiger partial charge in [-0.25, -0.2) is 4.98 Å². The minimum Gasteiger partial charge on any atom is -0.326 e. The Morgan fingerprint density at radius 1 is 1.14 bits per heavy atom. The lowest BCUT2D eigenvalue weighted by atomic mass is 10.1. The molecule has 5 nitrogen and oxygen atoms in total. The number of hydrogen-bond acceptors (Lipinski definition) is 4. The van der Waals surface area contributed by atoms with Crippen molar-refractivity contribution in [2.75, 3.05) is 5.32 Å². The van der Waals surface area contributed by atoms with Gasteiger partial charge in [0.15, 0.2) is 5.16 Å². The van der Waals surface area contributed by atoms with Gasteiger partial charge in [-0.2, -0.15) is 0 Å². The zero-order valence-electron chi connectivity index (χ0n) is 15.6. The Balaban J connectivity index is 1.69. The summed E-state index contributed by atoms with van der Waals surface area (Å²) in [6, 6.07) is 15.3. The third kappa shape index (κ3) is 5.03. The molecular weight excluding hydrogens is 394 g/mol. The van der Waals surface area contributed by atoms with E-state index in [2.05, 4.69) is 15.3 Å². The van der Waals surface area contributed by atoms with Crippen molar-refractivity contribution in [3.63, 3.8) is 0 Å². The van der Waals surface area contributed by atoms with Crippen LogP contribution in [0.1, 0.15) is 22.4 Å². The van der Waals surface area contributed by atoms with Crippen LogP contribution in [0.5, 0.6) is 0 Å². The van der Waals surface area contributed by atoms with E-state index >= 15 is 0 Å². The molecule has 0 aliphatic rings. The van der Waals surface area contributed by atoms with E-state index in [4.69, 9.17) is 11.6 Å². The van der Waals surface area contributed by atoms with Crippen LogP contribution in [0.2, 0.25) is 5.02 Å². The monoisotopic (exact) mass is 413 g/mol. The van der Waals surface area contributed by atoms with E-state index in [1.807, 2.05) is 37.3 Å². The van der Waals surface area contributed by atoms with Gasteiger partial charge < -0.3 is 10.3 Å². The average molecular weight is 414 g/mol. The van der Waals surface area contributed by atoms with E-state index in [0.717, 1.165) is 11.1 Å². The van der Waals surface area contributed by atoms with Crippen LogP contribution in [-0.2, 0) is 17.0 Å². The molecule has 2 N–H and O–H groups in total. The van der Waals surface area contributed by atoms with Crippen molar-refractivity contribution < 1.29 is 4.79 Å². The van der Waals surface area contributed by atoms with E-state index in [0.29, 0.717) is 32.9 Å². The van der Waals surface area contributed by atoms with Gasteiger partial charge in [-0.05, 0) is 37.1 Å². The maximum Gasteiger partial charge on any atom is 0.255 e. The van der Waals surface area contributed by atoms with Crippen molar-refractivity contribution in [2.24, 2.45) is 0 Å². The third-order valence-electron chi connectivity index (χ3n) is 4.30. The fourth-order valence-electron chi connectivity index (χ4n) is 2.68. The highest BCUT2D eigenvalue weighted by molar-refractivity contribution is 7.98. The molecule has 28 heavy (non-hydrogen) atoms. The number of anilines is 1. The Kier molecular flexibility index (Phi) is 6.54. The number of carbonyl (C=O) groups is 1. The smallest absolute Gasteiger partial charge is 0.255 e. The predicted octanol–water partition coefficient (Wildman–Crippen LogP) is 4.51. The molecule has 0 unspecified atom stereocenters. The van der Waals surface area contributed by atoms with Gasteiger partial charge in [0.2, 0.25) is 5.91 Å². The van der Waals surface area contributed by atoms with Crippen molar-refractivity contribution >= 4 is 35.0 Å². The molecule has 0 bridgehead atoms. The number of benzene rings is 2. The summed E-state index contributed by atoms with van der Waals surface area (Å²) in [4.78, 5) is 32.1. The lowest BCUT2D eigenvalue weighted by Crippen LogP contribution is -2.24. The van der Waals surface area contributed by atoms with Gasteiger partial charge in [-0.3, -0.25) is 9.59 Å². The minimum absolute atomic E-state index is 0.0518. The molecular formula is C21H20ClN3O2S. The Labute approximate surface area is 172 Å². The lowest BCUT2D eigenvalue weighted by molar-refractivity contribution is -0.115. The normalized spacial score (nSPS) is 10.7. The summed E-state index contributed by atoms with van der Waals surface area (Å²) in [6.45, 7) is 3.57. The Morgan fingerprint density at radius 2 is 1.89 bits per heavy atom. The number of hydrogen-bond donors (Lipinski definition) is 2. The largest absolute Gasteiger partial charge is 0.326 e. The van der Waals surface area contributed by atoms with Crippen LogP contribution in [0.3, 0.4) is 0 Å². The van der Waals surface area contributed by atoms with Gasteiger partial charge in [0.05, 0.1) is 6.42 Å². The quantitative estimate of drug-likeness (QED) is 0.460. The fraction of sp³-hybridized carbons (Fsp3) is 0.190. The van der Waals surface area contributed by atoms with Crippen molar-refractivity contribution in [3.05, 3.63) is 86.3 Å². The Morgan fingerprint density at radius 3 is 2.61 bits per heavy atom. The second-order valence-electron chi connectivity index (χ2n) is 6.35. The minimum atomic E-state index is -0.291. The molecule has 3 rings (SSSR count). The number of halogens is 1. The van der Waals surface area contributed by atoms with Crippen molar-refractivity contribution in [1.82, 2.24) is 9.97 Å². The summed E-state index contributed by atoms with van der Waals surface area (Å²) in [7, 11) is 0. The standard InChI is InChI=1S/C21H20ClN3O2S/c1-13-17(22)9-6-10-18(13)24-19(26)11-16-14(2)23-21(25-20(16)27)28-12-15-7-4-3-5-8-15/h3-10H,11-12H2,1-2H3,(H,24,26)(H,23,25,27). The van der Waals surface area contributed by atoms with E-state index in [1.54, 1.807) is 25.1 Å². The summed E-state index contributed by atoms with van der Waals surface area (Å²) in [5.41, 5.74) is 3.19. The molecule has 3 aromatic rings. The number of aryl methyl sites for hydroxylation is 1. The highest BCUT2D eigenvalue weighted by Crippen LogP contribution is 2.23. The van der Waals surface area contributed by atoms with Crippen molar-refractivity contribution in [2.45, 2.75) is 31.2 Å². The van der Waals surface area contributed by atoms with Crippen LogP contribution in [-0.4, -0.2) is 15.9 Å². The second-order valence-corrected chi connectivity index (χ2v) is 7.72. The van der Waals surface area contributed by atoms with E-state index < -0.39 is 0 Å². The number of aromatic amines is 1. The van der Waals surface area contributed by atoms with Gasteiger partial charge in [-0.1, -0.05) is 59.8 Å². The average Bonchev–Trinajstić information content (AvgIpc) is 2.67. The highest BCUT2D eigenvalue weighted by Gasteiger charge is 2.14. The second kappa shape index (κ2) is 9.08. The zero-order chi connectivity index (χ0) is 20.1. The lowest BCUT2D eigenvalue weighted by Gasteiger charge is -2.10. The molecule has 144 valence electrons. The third-order valence-corrected chi connectivity index (χ3v) is 5.65. The summed E-state index contributed by atoms with van der Waals surface area (Å²) in [5, 5.41) is 3.93. The molecule has 0 aliphatic carbocycles. The molecule has 1 amide bonds. The van der Waals surface area contributed by atoms with Crippen molar-refractivity contribution in [3.8, 4) is 0 Å². The van der Waals surface area contributed by atoms with Gasteiger partial charge in [0.1, 0.15) is 0 Å². The molecule has 1 heterocycles. The van der Waals surface area contributed by atoms with Crippen LogP contribution >= 0.6 is 23.4 Å². The van der Waals surface area contributed by atoms with E-state index in [-0.39, 0.29) is 17.9 Å². The molecule has 0 radical (unpaired) electrons. The predicted molar refractivity (Wildman–Crippen MR) is 114 cm³/mol. The molecule has 1 aromatic heterocycles. The molecule has 0 saturated carbocycles. The van der Waals surface area contributed by atoms with E-state index in [9.17, 15) is 9.59 Å². The number of carbonyl (C=O) groups excluding carboxylic acids is 1. The first-order valence-electron chi connectivity index (χ1n) is 8.75. The number of rotatable bonds is 6. The molecule has 0 fully saturated rings. The number of nitrogens with zero attached hydrogens (tertiary/aromatic N) is 1. The number of thioether (sulfide) groups is 1. The van der Waals surface area contributed by atoms with Crippen LogP contribution in [0, 0.1) is 13.8 Å². The van der Waals surface area contributed by atoms with Crippen LogP contribution in [0.25, 0.3) is 0 Å². The topological polar surface area (TPSA) is 74.8 Å². The molecule has 0 atom stereocenters. The van der Waals surface area contributed by atoms with E-state index in [1.165, 1.54) is 11.8 Å². The fourth-order valence-corrected chi connectivity index (χ4v) is 3.72.